The molecule has 0 spiro atoms. The van der Waals surface area contributed by atoms with E-state index in [-0.39, 0.29) is 11.8 Å². The molecule has 0 atom stereocenters. The van der Waals surface area contributed by atoms with Gasteiger partial charge in [0.05, 0.1) is 6.54 Å². The molecule has 1 N–H and O–H groups in total. The van der Waals surface area contributed by atoms with Gasteiger partial charge in [-0.25, -0.2) is 0 Å². The molecule has 114 valence electrons. The van der Waals surface area contributed by atoms with Crippen LogP contribution in [0.25, 0.3) is 0 Å². The molecule has 0 saturated heterocycles. The number of furan rings is 1. The Morgan fingerprint density at radius 2 is 2.36 bits per heavy atom. The number of nitrogens with one attached hydrogen (secondary N) is 1. The number of fused-ring (bicyclic) bond motifs is 1. The van der Waals surface area contributed by atoms with E-state index in [1.165, 1.54) is 10.4 Å². The van der Waals surface area contributed by atoms with Gasteiger partial charge in [0.1, 0.15) is 17.4 Å². The lowest BCUT2D eigenvalue weighted by molar-refractivity contribution is -0.117. The molecule has 1 aliphatic rings. The molecule has 1 aliphatic heterocycles. The van der Waals surface area contributed by atoms with Crippen LogP contribution in [-0.4, -0.2) is 23.9 Å². The molecular formula is C16H17N3O2S. The lowest BCUT2D eigenvalue weighted by Crippen LogP contribution is -2.36. The Kier molecular flexibility index (Phi) is 4.01. The molecule has 2 aromatic rings. The molecule has 6 heteroatoms. The van der Waals surface area contributed by atoms with Gasteiger partial charge >= 0.3 is 0 Å². The van der Waals surface area contributed by atoms with Gasteiger partial charge in [-0.1, -0.05) is 0 Å². The molecule has 0 unspecified atom stereocenters. The van der Waals surface area contributed by atoms with Crippen molar-refractivity contribution in [2.24, 2.45) is 0 Å². The van der Waals surface area contributed by atoms with Gasteiger partial charge in [-0.05, 0) is 37.3 Å². The van der Waals surface area contributed by atoms with Gasteiger partial charge in [0.15, 0.2) is 0 Å². The quantitative estimate of drug-likeness (QED) is 0.945. The molecule has 2 aromatic heterocycles. The van der Waals surface area contributed by atoms with Crippen molar-refractivity contribution in [2.75, 3.05) is 18.4 Å². The molecule has 0 saturated carbocycles. The number of hydrogen-bond donors (Lipinski definition) is 1. The summed E-state index contributed by atoms with van der Waals surface area (Å²) in [5.74, 6) is 0.771. The van der Waals surface area contributed by atoms with Crippen molar-refractivity contribution >= 4 is 23.1 Å². The number of carbonyl (C=O) groups excluding carboxylic acids is 1. The molecular weight excluding hydrogens is 298 g/mol. The SMILES string of the molecule is Cc1oc(NC(=O)CN2CCc3sccc3C2)c(C#N)c1C. The van der Waals surface area contributed by atoms with Crippen LogP contribution in [0.1, 0.15) is 27.3 Å². The number of amides is 1. The van der Waals surface area contributed by atoms with Crippen molar-refractivity contribution in [1.29, 1.82) is 5.26 Å². The average Bonchev–Trinajstić information content (AvgIpc) is 3.04. The molecule has 0 fully saturated rings. The van der Waals surface area contributed by atoms with E-state index in [0.29, 0.717) is 17.9 Å². The van der Waals surface area contributed by atoms with E-state index < -0.39 is 0 Å². The second-order valence-corrected chi connectivity index (χ2v) is 6.48. The molecule has 0 aromatic carbocycles. The highest BCUT2D eigenvalue weighted by atomic mass is 32.1. The highest BCUT2D eigenvalue weighted by Gasteiger charge is 2.21. The fourth-order valence-corrected chi connectivity index (χ4v) is 3.55. The first kappa shape index (κ1) is 14.8. The van der Waals surface area contributed by atoms with Crippen LogP contribution in [0.4, 0.5) is 5.88 Å². The summed E-state index contributed by atoms with van der Waals surface area (Å²) in [5, 5.41) is 14.0. The summed E-state index contributed by atoms with van der Waals surface area (Å²) >= 11 is 1.78. The number of nitrogens with zero attached hydrogens (tertiary/aromatic N) is 2. The zero-order chi connectivity index (χ0) is 15.7. The van der Waals surface area contributed by atoms with Crippen LogP contribution in [0.3, 0.4) is 0 Å². The molecule has 0 bridgehead atoms. The van der Waals surface area contributed by atoms with Crippen LogP contribution in [-0.2, 0) is 17.8 Å². The minimum absolute atomic E-state index is 0.149. The third-order valence-electron chi connectivity index (χ3n) is 4.00. The van der Waals surface area contributed by atoms with E-state index in [1.807, 2.05) is 6.92 Å². The topological polar surface area (TPSA) is 69.3 Å². The molecule has 22 heavy (non-hydrogen) atoms. The number of anilines is 1. The predicted octanol–water partition coefficient (Wildman–Crippen LogP) is 2.83. The number of thiophene rings is 1. The third-order valence-corrected chi connectivity index (χ3v) is 5.03. The summed E-state index contributed by atoms with van der Waals surface area (Å²) in [4.78, 5) is 15.7. The van der Waals surface area contributed by atoms with Gasteiger partial charge in [0.2, 0.25) is 11.8 Å². The Morgan fingerprint density at radius 3 is 3.14 bits per heavy atom. The van der Waals surface area contributed by atoms with E-state index in [1.54, 1.807) is 18.3 Å². The van der Waals surface area contributed by atoms with Crippen molar-refractivity contribution in [3.63, 3.8) is 0 Å². The highest BCUT2D eigenvalue weighted by Crippen LogP contribution is 2.26. The predicted molar refractivity (Wildman–Crippen MR) is 84.8 cm³/mol. The molecule has 3 rings (SSSR count). The second-order valence-electron chi connectivity index (χ2n) is 5.48. The van der Waals surface area contributed by atoms with Gasteiger partial charge in [-0.3, -0.25) is 15.0 Å². The number of rotatable bonds is 3. The lowest BCUT2D eigenvalue weighted by atomic mass is 10.1. The Labute approximate surface area is 133 Å². The van der Waals surface area contributed by atoms with Gasteiger partial charge in [-0.2, -0.15) is 5.26 Å². The van der Waals surface area contributed by atoms with Gasteiger partial charge in [0, 0.05) is 23.5 Å². The smallest absolute Gasteiger partial charge is 0.240 e. The highest BCUT2D eigenvalue weighted by molar-refractivity contribution is 7.10. The third kappa shape index (κ3) is 2.78. The summed E-state index contributed by atoms with van der Waals surface area (Å²) in [6.07, 6.45) is 0.989. The van der Waals surface area contributed by atoms with Crippen LogP contribution in [0.15, 0.2) is 15.9 Å². The Balaban J connectivity index is 1.64. The fraction of sp³-hybridized carbons (Fsp3) is 0.375. The van der Waals surface area contributed by atoms with E-state index in [2.05, 4.69) is 27.7 Å². The maximum atomic E-state index is 12.2. The zero-order valence-electron chi connectivity index (χ0n) is 12.6. The summed E-state index contributed by atoms with van der Waals surface area (Å²) in [6.45, 7) is 5.58. The molecule has 5 nitrogen and oxygen atoms in total. The van der Waals surface area contributed by atoms with Gasteiger partial charge in [0.25, 0.3) is 0 Å². The molecule has 0 radical (unpaired) electrons. The van der Waals surface area contributed by atoms with Crippen molar-refractivity contribution < 1.29 is 9.21 Å². The van der Waals surface area contributed by atoms with E-state index >= 15 is 0 Å². The summed E-state index contributed by atoms with van der Waals surface area (Å²) in [6, 6.07) is 4.20. The lowest BCUT2D eigenvalue weighted by Gasteiger charge is -2.25. The molecule has 0 aliphatic carbocycles. The van der Waals surface area contributed by atoms with Crippen LogP contribution >= 0.6 is 11.3 Å². The Morgan fingerprint density at radius 1 is 1.55 bits per heavy atom. The molecule has 3 heterocycles. The van der Waals surface area contributed by atoms with Crippen LogP contribution < -0.4 is 5.32 Å². The summed E-state index contributed by atoms with van der Waals surface area (Å²) < 4.78 is 5.47. The van der Waals surface area contributed by atoms with Crippen molar-refractivity contribution in [1.82, 2.24) is 4.90 Å². The minimum Gasteiger partial charge on any atom is -0.444 e. The first-order valence-corrected chi connectivity index (χ1v) is 8.04. The summed E-state index contributed by atoms with van der Waals surface area (Å²) in [5.41, 5.74) is 2.50. The monoisotopic (exact) mass is 315 g/mol. The van der Waals surface area contributed by atoms with Crippen molar-refractivity contribution in [3.05, 3.63) is 38.8 Å². The second kappa shape index (κ2) is 5.95. The van der Waals surface area contributed by atoms with Gasteiger partial charge in [-0.15, -0.1) is 11.3 Å². The van der Waals surface area contributed by atoms with Crippen molar-refractivity contribution in [3.8, 4) is 6.07 Å². The maximum Gasteiger partial charge on any atom is 0.240 e. The Hall–Kier alpha value is -2.10. The van der Waals surface area contributed by atoms with Crippen LogP contribution in [0.2, 0.25) is 0 Å². The minimum atomic E-state index is -0.149. The first-order chi connectivity index (χ1) is 10.6. The van der Waals surface area contributed by atoms with E-state index in [4.69, 9.17) is 9.68 Å². The standard InChI is InChI=1S/C16H17N3O2S/c1-10-11(2)21-16(13(10)7-17)18-15(20)9-19-5-3-14-12(8-19)4-6-22-14/h4,6H,3,5,8-9H2,1-2H3,(H,18,20). The fourth-order valence-electron chi connectivity index (χ4n) is 2.66. The van der Waals surface area contributed by atoms with E-state index in [9.17, 15) is 4.79 Å². The summed E-state index contributed by atoms with van der Waals surface area (Å²) in [7, 11) is 0. The maximum absolute atomic E-state index is 12.2. The van der Waals surface area contributed by atoms with E-state index in [0.717, 1.165) is 25.1 Å². The van der Waals surface area contributed by atoms with Gasteiger partial charge < -0.3 is 4.42 Å². The number of nitriles is 1. The normalized spacial score (nSPS) is 14.4. The number of carbonyl (C=O) groups is 1. The van der Waals surface area contributed by atoms with Crippen LogP contribution in [0.5, 0.6) is 0 Å². The number of hydrogen-bond acceptors (Lipinski definition) is 5. The largest absolute Gasteiger partial charge is 0.444 e. The Bertz CT molecular complexity index is 754. The van der Waals surface area contributed by atoms with Crippen molar-refractivity contribution in [2.45, 2.75) is 26.8 Å². The zero-order valence-corrected chi connectivity index (χ0v) is 13.4. The average molecular weight is 315 g/mol. The first-order valence-electron chi connectivity index (χ1n) is 7.16. The number of aryl methyl sites for hydroxylation is 1. The van der Waals surface area contributed by atoms with Crippen LogP contribution in [0, 0.1) is 25.2 Å². The molecule has 1 amide bonds.